The lowest BCUT2D eigenvalue weighted by atomic mass is 10.2. The van der Waals surface area contributed by atoms with E-state index in [9.17, 15) is 13.2 Å². The van der Waals surface area contributed by atoms with Crippen LogP contribution in [0.25, 0.3) is 0 Å². The first-order valence-corrected chi connectivity index (χ1v) is 13.6. The molecule has 3 aromatic rings. The van der Waals surface area contributed by atoms with Crippen molar-refractivity contribution < 1.29 is 17.9 Å². The van der Waals surface area contributed by atoms with Gasteiger partial charge in [0, 0.05) is 30.7 Å². The number of pyridine rings is 1. The smallest absolute Gasteiger partial charge is 0.238 e. The van der Waals surface area contributed by atoms with E-state index >= 15 is 0 Å². The molecule has 0 aliphatic carbocycles. The van der Waals surface area contributed by atoms with E-state index in [4.69, 9.17) is 16.3 Å². The van der Waals surface area contributed by atoms with Gasteiger partial charge in [0.1, 0.15) is 5.02 Å². The quantitative estimate of drug-likeness (QED) is 0.366. The number of hydrogen-bond donors (Lipinski definition) is 3. The lowest BCUT2D eigenvalue weighted by molar-refractivity contribution is -0.118. The first kappa shape index (κ1) is 26.7. The SMILES string of the molecule is CC(C)S(=O)(=O)c1ncccc1Nc1nc(Nc2ccc(NC(=O)CN3CCOCC3)cc2)ncc1Cl. The molecule has 1 aliphatic heterocycles. The number of hydrogen-bond acceptors (Lipinski definition) is 10. The minimum atomic E-state index is -3.63. The van der Waals surface area contributed by atoms with E-state index in [1.165, 1.54) is 12.4 Å². The Morgan fingerprint density at radius 1 is 1.08 bits per heavy atom. The molecule has 1 saturated heterocycles. The van der Waals surface area contributed by atoms with Crippen LogP contribution in [0, 0.1) is 0 Å². The normalized spacial score (nSPS) is 14.4. The fourth-order valence-corrected chi connectivity index (χ4v) is 4.73. The zero-order chi connectivity index (χ0) is 26.4. The third-order valence-electron chi connectivity index (χ3n) is 5.55. The maximum absolute atomic E-state index is 12.7. The molecule has 196 valence electrons. The Balaban J connectivity index is 1.43. The number of aromatic nitrogens is 3. The summed E-state index contributed by atoms with van der Waals surface area (Å²) in [5.74, 6) is 0.376. The molecule has 0 atom stereocenters. The minimum absolute atomic E-state index is 0.0829. The second kappa shape index (κ2) is 11.8. The average Bonchev–Trinajstić information content (AvgIpc) is 2.88. The Morgan fingerprint density at radius 2 is 1.78 bits per heavy atom. The van der Waals surface area contributed by atoms with Crippen molar-refractivity contribution in [3.05, 3.63) is 53.8 Å². The summed E-state index contributed by atoms with van der Waals surface area (Å²) in [6, 6.07) is 10.3. The minimum Gasteiger partial charge on any atom is -0.379 e. The van der Waals surface area contributed by atoms with Crippen molar-refractivity contribution in [3.8, 4) is 0 Å². The molecule has 4 rings (SSSR count). The molecule has 37 heavy (non-hydrogen) atoms. The zero-order valence-corrected chi connectivity index (χ0v) is 22.0. The van der Waals surface area contributed by atoms with Gasteiger partial charge in [-0.25, -0.2) is 18.4 Å². The summed E-state index contributed by atoms with van der Waals surface area (Å²) in [5.41, 5.74) is 1.61. The van der Waals surface area contributed by atoms with Gasteiger partial charge in [-0.05, 0) is 50.2 Å². The summed E-state index contributed by atoms with van der Waals surface area (Å²) >= 11 is 6.28. The molecule has 1 fully saturated rings. The van der Waals surface area contributed by atoms with Gasteiger partial charge in [0.2, 0.25) is 11.9 Å². The first-order valence-electron chi connectivity index (χ1n) is 11.7. The molecule has 0 radical (unpaired) electrons. The Labute approximate surface area is 220 Å². The van der Waals surface area contributed by atoms with Crippen LogP contribution in [0.5, 0.6) is 0 Å². The Bertz CT molecular complexity index is 1350. The Kier molecular flexibility index (Phi) is 8.54. The van der Waals surface area contributed by atoms with Gasteiger partial charge in [0.15, 0.2) is 20.7 Å². The average molecular weight is 546 g/mol. The number of ether oxygens (including phenoxy) is 1. The van der Waals surface area contributed by atoms with Crippen LogP contribution in [0.2, 0.25) is 5.02 Å². The third-order valence-corrected chi connectivity index (χ3v) is 7.94. The van der Waals surface area contributed by atoms with E-state index in [1.54, 1.807) is 50.2 Å². The lowest BCUT2D eigenvalue weighted by Crippen LogP contribution is -2.41. The van der Waals surface area contributed by atoms with Gasteiger partial charge in [-0.1, -0.05) is 11.6 Å². The van der Waals surface area contributed by atoms with Crippen molar-refractivity contribution in [1.82, 2.24) is 19.9 Å². The van der Waals surface area contributed by atoms with E-state index < -0.39 is 15.1 Å². The van der Waals surface area contributed by atoms with Crippen LogP contribution in [0.1, 0.15) is 13.8 Å². The molecule has 11 nitrogen and oxygen atoms in total. The monoisotopic (exact) mass is 545 g/mol. The molecular formula is C24H28ClN7O4S. The number of nitrogens with one attached hydrogen (secondary N) is 3. The number of morpholine rings is 1. The number of carbonyl (C=O) groups excluding carboxylic acids is 1. The molecule has 0 saturated carbocycles. The molecule has 3 heterocycles. The highest BCUT2D eigenvalue weighted by atomic mass is 35.5. The molecule has 1 aromatic carbocycles. The van der Waals surface area contributed by atoms with Crippen molar-refractivity contribution in [2.75, 3.05) is 48.8 Å². The van der Waals surface area contributed by atoms with Crippen molar-refractivity contribution in [2.24, 2.45) is 0 Å². The van der Waals surface area contributed by atoms with Gasteiger partial charge in [-0.15, -0.1) is 0 Å². The number of anilines is 5. The highest BCUT2D eigenvalue weighted by molar-refractivity contribution is 7.92. The maximum atomic E-state index is 12.7. The molecule has 2 aromatic heterocycles. The number of nitrogens with zero attached hydrogens (tertiary/aromatic N) is 4. The summed E-state index contributed by atoms with van der Waals surface area (Å²) in [6.45, 7) is 6.25. The van der Waals surface area contributed by atoms with Gasteiger partial charge in [-0.2, -0.15) is 4.98 Å². The summed E-state index contributed by atoms with van der Waals surface area (Å²) in [6.07, 6.45) is 2.83. The lowest BCUT2D eigenvalue weighted by Gasteiger charge is -2.25. The standard InChI is InChI=1S/C24H28ClN7O4S/c1-16(2)37(34,35)23-20(4-3-9-26-23)30-22-19(25)14-27-24(31-22)29-18-7-5-17(6-8-18)28-21(33)15-32-10-12-36-13-11-32/h3-9,14,16H,10-13,15H2,1-2H3,(H,28,33)(H2,27,29,30,31). The molecule has 1 aliphatic rings. The number of halogens is 1. The van der Waals surface area contributed by atoms with E-state index in [1.807, 2.05) is 4.90 Å². The van der Waals surface area contributed by atoms with Gasteiger partial charge in [0.25, 0.3) is 0 Å². The second-order valence-corrected chi connectivity index (χ2v) is 11.4. The largest absolute Gasteiger partial charge is 0.379 e. The summed E-state index contributed by atoms with van der Waals surface area (Å²) in [4.78, 5) is 27.0. The van der Waals surface area contributed by atoms with Gasteiger partial charge < -0.3 is 20.7 Å². The van der Waals surface area contributed by atoms with Gasteiger partial charge in [0.05, 0.1) is 36.9 Å². The van der Waals surface area contributed by atoms with Crippen LogP contribution in [0.3, 0.4) is 0 Å². The number of sulfone groups is 1. The zero-order valence-electron chi connectivity index (χ0n) is 20.4. The fourth-order valence-electron chi connectivity index (χ4n) is 3.51. The molecule has 0 spiro atoms. The van der Waals surface area contributed by atoms with Crippen molar-refractivity contribution in [1.29, 1.82) is 0 Å². The van der Waals surface area contributed by atoms with Crippen LogP contribution in [-0.4, -0.2) is 72.3 Å². The third kappa shape index (κ3) is 6.92. The van der Waals surface area contributed by atoms with E-state index in [0.717, 1.165) is 13.1 Å². The van der Waals surface area contributed by atoms with Crippen LogP contribution < -0.4 is 16.0 Å². The number of rotatable bonds is 9. The first-order chi connectivity index (χ1) is 17.7. The summed E-state index contributed by atoms with van der Waals surface area (Å²) in [5, 5.41) is 8.41. The van der Waals surface area contributed by atoms with E-state index in [0.29, 0.717) is 31.1 Å². The predicted molar refractivity (Wildman–Crippen MR) is 142 cm³/mol. The predicted octanol–water partition coefficient (Wildman–Crippen LogP) is 3.47. The Morgan fingerprint density at radius 3 is 2.49 bits per heavy atom. The second-order valence-electron chi connectivity index (χ2n) is 8.60. The highest BCUT2D eigenvalue weighted by Gasteiger charge is 2.25. The number of carbonyl (C=O) groups is 1. The van der Waals surface area contributed by atoms with Crippen molar-refractivity contribution >= 4 is 56.2 Å². The van der Waals surface area contributed by atoms with E-state index in [2.05, 4.69) is 30.9 Å². The van der Waals surface area contributed by atoms with E-state index in [-0.39, 0.29) is 33.4 Å². The molecular weight excluding hydrogens is 518 g/mol. The Hall–Kier alpha value is -3.32. The number of amides is 1. The molecule has 3 N–H and O–H groups in total. The van der Waals surface area contributed by atoms with Crippen molar-refractivity contribution in [2.45, 2.75) is 24.1 Å². The van der Waals surface area contributed by atoms with Crippen LogP contribution in [0.4, 0.5) is 28.8 Å². The molecule has 13 heteroatoms. The number of benzene rings is 1. The topological polar surface area (TPSA) is 138 Å². The molecule has 0 unspecified atom stereocenters. The van der Waals surface area contributed by atoms with Gasteiger partial charge in [-0.3, -0.25) is 9.69 Å². The molecule has 0 bridgehead atoms. The van der Waals surface area contributed by atoms with Crippen LogP contribution in [0.15, 0.2) is 53.8 Å². The van der Waals surface area contributed by atoms with Crippen molar-refractivity contribution in [3.63, 3.8) is 0 Å². The van der Waals surface area contributed by atoms with Crippen LogP contribution in [-0.2, 0) is 19.4 Å². The molecule has 1 amide bonds. The summed E-state index contributed by atoms with van der Waals surface area (Å²) in [7, 11) is -3.63. The highest BCUT2D eigenvalue weighted by Crippen LogP contribution is 2.29. The van der Waals surface area contributed by atoms with Crippen LogP contribution >= 0.6 is 11.6 Å². The van der Waals surface area contributed by atoms with Gasteiger partial charge >= 0.3 is 0 Å². The fraction of sp³-hybridized carbons (Fsp3) is 0.333. The maximum Gasteiger partial charge on any atom is 0.238 e. The summed E-state index contributed by atoms with van der Waals surface area (Å²) < 4.78 is 30.7.